The van der Waals surface area contributed by atoms with Crippen LogP contribution in [0.5, 0.6) is 0 Å². The summed E-state index contributed by atoms with van der Waals surface area (Å²) in [4.78, 5) is 15.3. The molecule has 1 aliphatic rings. The van der Waals surface area contributed by atoms with Gasteiger partial charge < -0.3 is 20.6 Å². The Hall–Kier alpha value is -0.810. The van der Waals surface area contributed by atoms with Crippen molar-refractivity contribution in [3.05, 3.63) is 0 Å². The van der Waals surface area contributed by atoms with Crippen LogP contribution in [0.4, 0.5) is 4.79 Å². The molecule has 0 aromatic carbocycles. The highest BCUT2D eigenvalue weighted by Crippen LogP contribution is 2.17. The fourth-order valence-electron chi connectivity index (χ4n) is 1.84. The highest BCUT2D eigenvalue weighted by molar-refractivity contribution is 5.74. The molecule has 1 heterocycles. The third-order valence-corrected chi connectivity index (χ3v) is 2.93. The predicted molar refractivity (Wildman–Crippen MR) is 58.5 cm³/mol. The molecule has 5 heteroatoms. The van der Waals surface area contributed by atoms with E-state index in [1.165, 1.54) is 0 Å². The topological polar surface area (TPSA) is 69.8 Å². The van der Waals surface area contributed by atoms with Crippen LogP contribution in [-0.2, 0) is 0 Å². The van der Waals surface area contributed by atoms with Gasteiger partial charge in [-0.1, -0.05) is 0 Å². The molecule has 88 valence electrons. The molecule has 15 heavy (non-hydrogen) atoms. The number of carbonyl (C=O) groups excluding carboxylic acids is 1. The third kappa shape index (κ3) is 3.35. The van der Waals surface area contributed by atoms with E-state index in [1.807, 2.05) is 4.90 Å². The van der Waals surface area contributed by atoms with E-state index < -0.39 is 0 Å². The lowest BCUT2D eigenvalue weighted by Gasteiger charge is -2.33. The Morgan fingerprint density at radius 1 is 1.53 bits per heavy atom. The Kier molecular flexibility index (Phi) is 4.84. The number of urea groups is 1. The molecule has 0 spiro atoms. The first kappa shape index (κ1) is 12.3. The molecule has 0 saturated carbocycles. The minimum atomic E-state index is 0.0526. The summed E-state index contributed by atoms with van der Waals surface area (Å²) < 4.78 is 0. The van der Waals surface area contributed by atoms with Gasteiger partial charge in [-0.2, -0.15) is 0 Å². The lowest BCUT2D eigenvalue weighted by Crippen LogP contribution is -2.46. The van der Waals surface area contributed by atoms with E-state index in [2.05, 4.69) is 0 Å². The second-order valence-corrected chi connectivity index (χ2v) is 4.11. The Bertz CT molecular complexity index is 203. The van der Waals surface area contributed by atoms with Gasteiger partial charge in [0.2, 0.25) is 0 Å². The van der Waals surface area contributed by atoms with Gasteiger partial charge in [-0.3, -0.25) is 0 Å². The van der Waals surface area contributed by atoms with Gasteiger partial charge in [-0.15, -0.1) is 0 Å². The van der Waals surface area contributed by atoms with Gasteiger partial charge in [0.1, 0.15) is 0 Å². The van der Waals surface area contributed by atoms with E-state index in [1.54, 1.807) is 11.9 Å². The van der Waals surface area contributed by atoms with E-state index in [4.69, 9.17) is 10.8 Å². The minimum absolute atomic E-state index is 0.0526. The summed E-state index contributed by atoms with van der Waals surface area (Å²) in [6, 6.07) is 0.0526. The number of nitrogens with zero attached hydrogens (tertiary/aromatic N) is 2. The highest BCUT2D eigenvalue weighted by atomic mass is 16.3. The molecule has 0 aromatic heterocycles. The number of piperidine rings is 1. The molecule has 5 nitrogen and oxygen atoms in total. The number of amides is 2. The zero-order chi connectivity index (χ0) is 11.3. The Morgan fingerprint density at radius 3 is 2.60 bits per heavy atom. The van der Waals surface area contributed by atoms with Crippen molar-refractivity contribution in [2.45, 2.75) is 12.8 Å². The summed E-state index contributed by atoms with van der Waals surface area (Å²) in [5, 5.41) is 8.98. The summed E-state index contributed by atoms with van der Waals surface area (Å²) in [5.74, 6) is 0.369. The molecule has 0 unspecified atom stereocenters. The molecule has 2 amide bonds. The number of aliphatic hydroxyl groups is 1. The van der Waals surface area contributed by atoms with Gasteiger partial charge in [-0.05, 0) is 18.8 Å². The monoisotopic (exact) mass is 215 g/mol. The molecule has 1 saturated heterocycles. The van der Waals surface area contributed by atoms with Crippen molar-refractivity contribution in [2.75, 3.05) is 39.8 Å². The van der Waals surface area contributed by atoms with Gasteiger partial charge in [0, 0.05) is 39.8 Å². The first-order chi connectivity index (χ1) is 7.19. The number of hydrogen-bond acceptors (Lipinski definition) is 3. The summed E-state index contributed by atoms with van der Waals surface area (Å²) in [5.41, 5.74) is 5.39. The zero-order valence-electron chi connectivity index (χ0n) is 9.35. The van der Waals surface area contributed by atoms with Crippen molar-refractivity contribution < 1.29 is 9.90 Å². The molecule has 1 fully saturated rings. The van der Waals surface area contributed by atoms with E-state index in [-0.39, 0.29) is 12.6 Å². The van der Waals surface area contributed by atoms with Crippen molar-refractivity contribution in [1.82, 2.24) is 9.80 Å². The van der Waals surface area contributed by atoms with Crippen molar-refractivity contribution in [2.24, 2.45) is 11.7 Å². The summed E-state index contributed by atoms with van der Waals surface area (Å²) >= 11 is 0. The maximum Gasteiger partial charge on any atom is 0.319 e. The summed E-state index contributed by atoms with van der Waals surface area (Å²) in [6.45, 7) is 2.83. The molecular formula is C10H21N3O2. The van der Waals surface area contributed by atoms with Gasteiger partial charge in [0.25, 0.3) is 0 Å². The molecule has 0 radical (unpaired) electrons. The number of hydrogen-bond donors (Lipinski definition) is 2. The Morgan fingerprint density at radius 2 is 2.13 bits per heavy atom. The summed E-state index contributed by atoms with van der Waals surface area (Å²) in [7, 11) is 1.77. The van der Waals surface area contributed by atoms with Crippen LogP contribution in [0, 0.1) is 5.92 Å². The lowest BCUT2D eigenvalue weighted by molar-refractivity contribution is 0.120. The molecule has 0 aliphatic carbocycles. The van der Waals surface area contributed by atoms with Gasteiger partial charge in [0.15, 0.2) is 0 Å². The van der Waals surface area contributed by atoms with Crippen LogP contribution in [0.15, 0.2) is 0 Å². The number of nitrogens with two attached hydrogens (primary N) is 1. The summed E-state index contributed by atoms with van der Waals surface area (Å²) in [6.07, 6.45) is 1.80. The van der Waals surface area contributed by atoms with Gasteiger partial charge in [0.05, 0.1) is 0 Å². The van der Waals surface area contributed by atoms with E-state index in [0.29, 0.717) is 19.0 Å². The molecule has 0 bridgehead atoms. The molecule has 0 atom stereocenters. The van der Waals surface area contributed by atoms with Crippen LogP contribution in [0.2, 0.25) is 0 Å². The maximum atomic E-state index is 11.8. The standard InChI is InChI=1S/C10H21N3O2/c1-12(7-4-11)10(15)13-5-2-9(8-14)3-6-13/h9,14H,2-8,11H2,1H3. The maximum absolute atomic E-state index is 11.8. The normalized spacial score (nSPS) is 17.9. The molecule has 0 aromatic rings. The van der Waals surface area contributed by atoms with Crippen molar-refractivity contribution in [3.8, 4) is 0 Å². The van der Waals surface area contributed by atoms with Gasteiger partial charge in [-0.25, -0.2) is 4.79 Å². The Balaban J connectivity index is 2.35. The van der Waals surface area contributed by atoms with Crippen LogP contribution in [-0.4, -0.2) is 60.8 Å². The average Bonchev–Trinajstić information content (AvgIpc) is 2.28. The van der Waals surface area contributed by atoms with Crippen molar-refractivity contribution >= 4 is 6.03 Å². The first-order valence-electron chi connectivity index (χ1n) is 5.50. The lowest BCUT2D eigenvalue weighted by atomic mass is 9.98. The number of carbonyl (C=O) groups is 1. The van der Waals surface area contributed by atoms with E-state index >= 15 is 0 Å². The van der Waals surface area contributed by atoms with E-state index in [0.717, 1.165) is 25.9 Å². The van der Waals surface area contributed by atoms with Crippen molar-refractivity contribution in [3.63, 3.8) is 0 Å². The van der Waals surface area contributed by atoms with Crippen LogP contribution in [0.3, 0.4) is 0 Å². The second kappa shape index (κ2) is 5.92. The van der Waals surface area contributed by atoms with E-state index in [9.17, 15) is 4.79 Å². The Labute approximate surface area is 90.8 Å². The van der Waals surface area contributed by atoms with Crippen LogP contribution < -0.4 is 5.73 Å². The molecular weight excluding hydrogens is 194 g/mol. The predicted octanol–water partition coefficient (Wildman–Crippen LogP) is -0.299. The smallest absolute Gasteiger partial charge is 0.319 e. The van der Waals surface area contributed by atoms with Crippen LogP contribution >= 0.6 is 0 Å². The zero-order valence-corrected chi connectivity index (χ0v) is 9.35. The van der Waals surface area contributed by atoms with Crippen LogP contribution in [0.25, 0.3) is 0 Å². The van der Waals surface area contributed by atoms with Gasteiger partial charge >= 0.3 is 6.03 Å². The average molecular weight is 215 g/mol. The number of rotatable bonds is 3. The first-order valence-corrected chi connectivity index (χ1v) is 5.50. The minimum Gasteiger partial charge on any atom is -0.396 e. The fourth-order valence-corrected chi connectivity index (χ4v) is 1.84. The van der Waals surface area contributed by atoms with Crippen LogP contribution in [0.1, 0.15) is 12.8 Å². The second-order valence-electron chi connectivity index (χ2n) is 4.11. The third-order valence-electron chi connectivity index (χ3n) is 2.93. The molecule has 1 rings (SSSR count). The highest BCUT2D eigenvalue weighted by Gasteiger charge is 2.23. The molecule has 1 aliphatic heterocycles. The number of aliphatic hydroxyl groups excluding tert-OH is 1. The number of likely N-dealkylation sites (N-methyl/N-ethyl adjacent to an activating group) is 1. The quantitative estimate of drug-likeness (QED) is 0.679. The SMILES string of the molecule is CN(CCN)C(=O)N1CCC(CO)CC1. The molecule has 3 N–H and O–H groups in total. The fraction of sp³-hybridized carbons (Fsp3) is 0.900. The largest absolute Gasteiger partial charge is 0.396 e. The number of likely N-dealkylation sites (tertiary alicyclic amines) is 1. The van der Waals surface area contributed by atoms with Crippen molar-refractivity contribution in [1.29, 1.82) is 0 Å².